The van der Waals surface area contributed by atoms with Crippen molar-refractivity contribution in [2.24, 2.45) is 0 Å². The molecule has 0 radical (unpaired) electrons. The van der Waals surface area contributed by atoms with Crippen LogP contribution in [0.3, 0.4) is 0 Å². The van der Waals surface area contributed by atoms with Gasteiger partial charge in [0, 0.05) is 32.0 Å². The number of nitrogens with zero attached hydrogens (tertiary/aromatic N) is 2. The van der Waals surface area contributed by atoms with E-state index in [0.29, 0.717) is 0 Å². The Kier molecular flexibility index (Phi) is 6.90. The predicted molar refractivity (Wildman–Crippen MR) is 105 cm³/mol. The van der Waals surface area contributed by atoms with Crippen LogP contribution in [0.2, 0.25) is 0 Å². The number of hydrogen-bond donors (Lipinski definition) is 2. The predicted octanol–water partition coefficient (Wildman–Crippen LogP) is 2.25. The molecule has 2 N–H and O–H groups in total. The van der Waals surface area contributed by atoms with Crippen LogP contribution in [-0.2, 0) is 9.59 Å². The lowest BCUT2D eigenvalue weighted by molar-refractivity contribution is -0.136. The summed E-state index contributed by atoms with van der Waals surface area (Å²) in [6.07, 6.45) is 0. The molecular weight excluding hydrogens is 347 g/mol. The van der Waals surface area contributed by atoms with Gasteiger partial charge >= 0.3 is 11.8 Å². The Labute approximate surface area is 159 Å². The Morgan fingerprint density at radius 1 is 1.00 bits per heavy atom. The minimum absolute atomic E-state index is 0.0906. The van der Waals surface area contributed by atoms with Gasteiger partial charge < -0.3 is 20.4 Å². The lowest BCUT2D eigenvalue weighted by Gasteiger charge is -2.25. The average Bonchev–Trinajstić information content (AvgIpc) is 2.61. The Morgan fingerprint density at radius 2 is 1.67 bits per heavy atom. The SMILES string of the molecule is CN(C)c1ccc([C@H](CNC(=O)C(=O)Nc2cccc(F)c2)N(C)C)cc1. The van der Waals surface area contributed by atoms with Crippen molar-refractivity contribution in [1.82, 2.24) is 10.2 Å². The highest BCUT2D eigenvalue weighted by Gasteiger charge is 2.19. The van der Waals surface area contributed by atoms with Gasteiger partial charge in [0.25, 0.3) is 0 Å². The number of benzene rings is 2. The summed E-state index contributed by atoms with van der Waals surface area (Å²) in [5, 5.41) is 5.02. The third-order valence-electron chi connectivity index (χ3n) is 4.16. The summed E-state index contributed by atoms with van der Waals surface area (Å²) < 4.78 is 13.2. The first-order valence-electron chi connectivity index (χ1n) is 8.56. The highest BCUT2D eigenvalue weighted by molar-refractivity contribution is 6.39. The standard InChI is InChI=1S/C20H25FN4O2/c1-24(2)17-10-8-14(9-11-17)18(25(3)4)13-22-19(26)20(27)23-16-7-5-6-15(21)12-16/h5-12,18H,13H2,1-4H3,(H,22,26)(H,23,27)/t18-/m0/s1. The van der Waals surface area contributed by atoms with Crippen LogP contribution in [0.25, 0.3) is 0 Å². The van der Waals surface area contributed by atoms with E-state index in [2.05, 4.69) is 10.6 Å². The highest BCUT2D eigenvalue weighted by atomic mass is 19.1. The van der Waals surface area contributed by atoms with Crippen LogP contribution in [-0.4, -0.2) is 51.4 Å². The van der Waals surface area contributed by atoms with Crippen LogP contribution in [0.1, 0.15) is 11.6 Å². The molecule has 144 valence electrons. The molecule has 2 aromatic rings. The summed E-state index contributed by atoms with van der Waals surface area (Å²) in [5.74, 6) is -2.08. The van der Waals surface area contributed by atoms with Crippen LogP contribution >= 0.6 is 0 Å². The molecule has 0 spiro atoms. The van der Waals surface area contributed by atoms with Gasteiger partial charge in [0.1, 0.15) is 5.82 Å². The molecule has 1 atom stereocenters. The fourth-order valence-corrected chi connectivity index (χ4v) is 2.62. The number of amides is 2. The van der Waals surface area contributed by atoms with Gasteiger partial charge in [0.2, 0.25) is 0 Å². The number of carbonyl (C=O) groups excluding carboxylic acids is 2. The van der Waals surface area contributed by atoms with Crippen molar-refractivity contribution < 1.29 is 14.0 Å². The van der Waals surface area contributed by atoms with Crippen molar-refractivity contribution in [2.45, 2.75) is 6.04 Å². The molecule has 2 aromatic carbocycles. The number of carbonyl (C=O) groups is 2. The molecule has 0 saturated carbocycles. The fourth-order valence-electron chi connectivity index (χ4n) is 2.62. The maximum absolute atomic E-state index is 13.2. The maximum atomic E-state index is 13.2. The molecule has 0 aliphatic carbocycles. The Hall–Kier alpha value is -2.93. The number of hydrogen-bond acceptors (Lipinski definition) is 4. The molecule has 0 aliphatic rings. The molecule has 2 amide bonds. The maximum Gasteiger partial charge on any atom is 0.313 e. The van der Waals surface area contributed by atoms with E-state index < -0.39 is 17.6 Å². The van der Waals surface area contributed by atoms with Gasteiger partial charge in [-0.15, -0.1) is 0 Å². The molecule has 0 aromatic heterocycles. The van der Waals surface area contributed by atoms with Crippen molar-refractivity contribution in [3.8, 4) is 0 Å². The monoisotopic (exact) mass is 372 g/mol. The molecule has 27 heavy (non-hydrogen) atoms. The molecule has 6 nitrogen and oxygen atoms in total. The van der Waals surface area contributed by atoms with Crippen molar-refractivity contribution >= 4 is 23.2 Å². The summed E-state index contributed by atoms with van der Waals surface area (Å²) in [7, 11) is 7.75. The van der Waals surface area contributed by atoms with E-state index in [1.54, 1.807) is 0 Å². The van der Waals surface area contributed by atoms with Crippen LogP contribution in [0.4, 0.5) is 15.8 Å². The second kappa shape index (κ2) is 9.14. The van der Waals surface area contributed by atoms with Crippen LogP contribution in [0.5, 0.6) is 0 Å². The first-order valence-corrected chi connectivity index (χ1v) is 8.56. The first kappa shape index (κ1) is 20.4. The molecule has 0 bridgehead atoms. The van der Waals surface area contributed by atoms with Gasteiger partial charge in [0.15, 0.2) is 0 Å². The summed E-state index contributed by atoms with van der Waals surface area (Å²) in [6, 6.07) is 13.3. The number of nitrogens with one attached hydrogen (secondary N) is 2. The summed E-state index contributed by atoms with van der Waals surface area (Å²) in [5.41, 5.74) is 2.34. The molecule has 7 heteroatoms. The zero-order chi connectivity index (χ0) is 20.0. The minimum atomic E-state index is -0.832. The van der Waals surface area contributed by atoms with Gasteiger partial charge in [-0.1, -0.05) is 18.2 Å². The van der Waals surface area contributed by atoms with E-state index >= 15 is 0 Å². The zero-order valence-electron chi connectivity index (χ0n) is 16.0. The van der Waals surface area contributed by atoms with Gasteiger partial charge in [-0.25, -0.2) is 4.39 Å². The largest absolute Gasteiger partial charge is 0.378 e. The van der Waals surface area contributed by atoms with Crippen LogP contribution in [0, 0.1) is 5.82 Å². The Bertz CT molecular complexity index is 791. The first-order chi connectivity index (χ1) is 12.8. The quantitative estimate of drug-likeness (QED) is 0.764. The second-order valence-electron chi connectivity index (χ2n) is 6.64. The zero-order valence-corrected chi connectivity index (χ0v) is 16.0. The molecule has 0 unspecified atom stereocenters. The normalized spacial score (nSPS) is 11.8. The molecule has 0 saturated heterocycles. The summed E-state index contributed by atoms with van der Waals surface area (Å²) in [4.78, 5) is 28.1. The number of likely N-dealkylation sites (N-methyl/N-ethyl adjacent to an activating group) is 1. The summed E-state index contributed by atoms with van der Waals surface area (Å²) >= 11 is 0. The molecule has 2 rings (SSSR count). The fraction of sp³-hybridized carbons (Fsp3) is 0.300. The molecular formula is C20H25FN4O2. The Morgan fingerprint density at radius 3 is 2.22 bits per heavy atom. The van der Waals surface area contributed by atoms with Gasteiger partial charge in [-0.2, -0.15) is 0 Å². The Balaban J connectivity index is 1.98. The number of rotatable bonds is 6. The van der Waals surface area contributed by atoms with Crippen LogP contribution in [0.15, 0.2) is 48.5 Å². The van der Waals surface area contributed by atoms with E-state index in [4.69, 9.17) is 0 Å². The van der Waals surface area contributed by atoms with Crippen molar-refractivity contribution in [3.05, 3.63) is 59.9 Å². The van der Waals surface area contributed by atoms with Crippen molar-refractivity contribution in [1.29, 1.82) is 0 Å². The van der Waals surface area contributed by atoms with E-state index in [-0.39, 0.29) is 18.3 Å². The third kappa shape index (κ3) is 5.79. The number of halogens is 1. The average molecular weight is 372 g/mol. The minimum Gasteiger partial charge on any atom is -0.378 e. The smallest absolute Gasteiger partial charge is 0.313 e. The molecule has 0 fully saturated rings. The lowest BCUT2D eigenvalue weighted by Crippen LogP contribution is -2.40. The van der Waals surface area contributed by atoms with Gasteiger partial charge in [0.05, 0.1) is 6.04 Å². The van der Waals surface area contributed by atoms with Crippen molar-refractivity contribution in [2.75, 3.05) is 45.0 Å². The van der Waals surface area contributed by atoms with Gasteiger partial charge in [-0.05, 0) is 50.0 Å². The topological polar surface area (TPSA) is 64.7 Å². The van der Waals surface area contributed by atoms with Crippen LogP contribution < -0.4 is 15.5 Å². The van der Waals surface area contributed by atoms with E-state index in [1.807, 2.05) is 62.3 Å². The highest BCUT2D eigenvalue weighted by Crippen LogP contribution is 2.21. The van der Waals surface area contributed by atoms with E-state index in [0.717, 1.165) is 17.3 Å². The van der Waals surface area contributed by atoms with E-state index in [9.17, 15) is 14.0 Å². The molecule has 0 heterocycles. The number of anilines is 2. The van der Waals surface area contributed by atoms with Crippen molar-refractivity contribution in [3.63, 3.8) is 0 Å². The third-order valence-corrected chi connectivity index (χ3v) is 4.16. The summed E-state index contributed by atoms with van der Waals surface area (Å²) in [6.45, 7) is 0.268. The van der Waals surface area contributed by atoms with E-state index in [1.165, 1.54) is 18.2 Å². The second-order valence-corrected chi connectivity index (χ2v) is 6.64. The molecule has 0 aliphatic heterocycles. The lowest BCUT2D eigenvalue weighted by atomic mass is 10.1. The van der Waals surface area contributed by atoms with Gasteiger partial charge in [-0.3, -0.25) is 9.59 Å².